The average Bonchev–Trinajstić information content (AvgIpc) is 4.07. The summed E-state index contributed by atoms with van der Waals surface area (Å²) in [6.07, 6.45) is 1.36. The number of aliphatic hydroxyl groups excluding tert-OH is 4. The first kappa shape index (κ1) is 60.6. The summed E-state index contributed by atoms with van der Waals surface area (Å²) in [6.45, 7) is 13.2. The Balaban J connectivity index is 0.000000639. The zero-order valence-corrected chi connectivity index (χ0v) is 40.8. The summed E-state index contributed by atoms with van der Waals surface area (Å²) in [5, 5.41) is 35.2. The Kier molecular flexibility index (Phi) is 38.1. The van der Waals surface area contributed by atoms with Crippen molar-refractivity contribution in [1.29, 1.82) is 0 Å². The molecule has 0 aromatic carbocycles. The Morgan fingerprint density at radius 3 is 0.688 bits per heavy atom. The van der Waals surface area contributed by atoms with Crippen molar-refractivity contribution in [1.82, 2.24) is 0 Å². The van der Waals surface area contributed by atoms with Crippen LogP contribution in [0.1, 0.15) is 1.43 Å². The van der Waals surface area contributed by atoms with Crippen molar-refractivity contribution >= 4 is 11.6 Å². The quantitative estimate of drug-likeness (QED) is 0.0194. The monoisotopic (exact) mass is 964 g/mol. The maximum atomic E-state index is 8.79. The van der Waals surface area contributed by atoms with E-state index in [-0.39, 0.29) is 135 Å². The first-order chi connectivity index (χ1) is 31.0. The number of rotatable bonds is 45. The number of epoxide rings is 5. The Labute approximate surface area is 407 Å². The minimum Gasteiger partial charge on any atom is -1.00 e. The predicted octanol–water partition coefficient (Wildman–Crippen LogP) is -4.55. The Morgan fingerprint density at radius 1 is 0.344 bits per heavy atom. The predicted molar refractivity (Wildman–Crippen MR) is 224 cm³/mol. The smallest absolute Gasteiger partial charge is 1.00 e. The molecule has 5 rings (SSSR count). The van der Waals surface area contributed by atoms with E-state index in [1.165, 1.54) is 0 Å². The summed E-state index contributed by atoms with van der Waals surface area (Å²) in [7, 11) is 0. The summed E-state index contributed by atoms with van der Waals surface area (Å²) < 4.78 is 93.3. The van der Waals surface area contributed by atoms with Gasteiger partial charge in [0.25, 0.3) is 0 Å². The van der Waals surface area contributed by atoms with Crippen LogP contribution in [0.25, 0.3) is 0 Å². The Bertz CT molecular complexity index is 889. The molecule has 5 atom stereocenters. The summed E-state index contributed by atoms with van der Waals surface area (Å²) in [5.74, 6) is 0.667. The molecule has 5 aliphatic heterocycles. The molecule has 5 unspecified atom stereocenters. The van der Waals surface area contributed by atoms with Gasteiger partial charge in [-0.05, 0) is 0 Å². The van der Waals surface area contributed by atoms with Crippen LogP contribution in [0, 0.1) is 10.8 Å². The topological polar surface area (TPSA) is 254 Å². The van der Waals surface area contributed by atoms with Crippen LogP contribution in [0.4, 0.5) is 0 Å². The standard InChI is InChI=1S/C25H44O12.C13H28O8.C3H5ClO.Na.H/c1(26-9-21-13-34-21)5-30-17-25(18-31-6-2-27-10-22-14-35-22,19-32-7-3-28-11-23-15-36-23)20-33-8-4-29-12-24-16-37-24;14-1-5-18-9-13(10-19-6-2-15,11-20-7-3-16)12-21-8-4-17;4-1-3-2-5-3;;/h21-24H,1-20H2;14-17H,1-12H2;3H,1-2H2;;/q;;;+1;-1. The van der Waals surface area contributed by atoms with Gasteiger partial charge in [0.05, 0.1) is 241 Å². The fourth-order valence-corrected chi connectivity index (χ4v) is 5.39. The molecule has 64 heavy (non-hydrogen) atoms. The van der Waals surface area contributed by atoms with Gasteiger partial charge >= 0.3 is 29.6 Å². The molecule has 5 aliphatic rings. The van der Waals surface area contributed by atoms with Gasteiger partial charge in [-0.25, -0.2) is 0 Å². The van der Waals surface area contributed by atoms with Gasteiger partial charge in [0, 0.05) is 0 Å². The molecule has 5 saturated heterocycles. The van der Waals surface area contributed by atoms with E-state index in [4.69, 9.17) is 113 Å². The number of alkyl halides is 1. The van der Waals surface area contributed by atoms with E-state index in [1.807, 2.05) is 0 Å². The zero-order chi connectivity index (χ0) is 44.9. The third kappa shape index (κ3) is 35.5. The van der Waals surface area contributed by atoms with E-state index in [0.29, 0.717) is 118 Å². The summed E-state index contributed by atoms with van der Waals surface area (Å²) >= 11 is 5.27. The molecular weight excluding hydrogens is 887 g/mol. The molecule has 5 fully saturated rings. The molecule has 23 heteroatoms. The second-order valence-corrected chi connectivity index (χ2v) is 15.9. The fourth-order valence-electron chi connectivity index (χ4n) is 5.21. The minimum atomic E-state index is -0.630. The molecule has 5 heterocycles. The van der Waals surface area contributed by atoms with Crippen molar-refractivity contribution in [3.63, 3.8) is 0 Å². The first-order valence-corrected chi connectivity index (χ1v) is 22.5. The molecule has 376 valence electrons. The van der Waals surface area contributed by atoms with Crippen molar-refractivity contribution in [3.05, 3.63) is 0 Å². The third-order valence-electron chi connectivity index (χ3n) is 9.10. The number of halogens is 1. The normalized spacial score (nSPS) is 22.4. The zero-order valence-electron chi connectivity index (χ0n) is 39.0. The van der Waals surface area contributed by atoms with Gasteiger partial charge in [-0.2, -0.15) is 0 Å². The van der Waals surface area contributed by atoms with E-state index >= 15 is 0 Å². The second-order valence-electron chi connectivity index (χ2n) is 15.5. The largest absolute Gasteiger partial charge is 1.00 e. The van der Waals surface area contributed by atoms with Crippen molar-refractivity contribution in [2.75, 3.05) is 224 Å². The van der Waals surface area contributed by atoms with Gasteiger partial charge in [-0.1, -0.05) is 0 Å². The molecule has 0 saturated carbocycles. The molecule has 0 aromatic heterocycles. The Hall–Kier alpha value is 0.450. The van der Waals surface area contributed by atoms with Crippen LogP contribution < -0.4 is 29.6 Å². The number of aliphatic hydroxyl groups is 4. The van der Waals surface area contributed by atoms with Crippen molar-refractivity contribution in [2.24, 2.45) is 10.8 Å². The molecule has 0 aliphatic carbocycles. The molecule has 0 spiro atoms. The molecule has 0 radical (unpaired) electrons. The van der Waals surface area contributed by atoms with Crippen LogP contribution in [-0.4, -0.2) is 275 Å². The van der Waals surface area contributed by atoms with E-state index in [9.17, 15) is 0 Å². The van der Waals surface area contributed by atoms with E-state index in [1.54, 1.807) is 0 Å². The first-order valence-electron chi connectivity index (χ1n) is 22.0. The number of hydrogen-bond donors (Lipinski definition) is 4. The van der Waals surface area contributed by atoms with Crippen LogP contribution in [0.15, 0.2) is 0 Å². The second kappa shape index (κ2) is 40.2. The van der Waals surface area contributed by atoms with Crippen molar-refractivity contribution in [3.8, 4) is 0 Å². The average molecular weight is 965 g/mol. The van der Waals surface area contributed by atoms with Crippen LogP contribution in [0.5, 0.6) is 0 Å². The van der Waals surface area contributed by atoms with Crippen LogP contribution in [-0.2, 0) is 80.5 Å². The van der Waals surface area contributed by atoms with E-state index in [2.05, 4.69) is 0 Å². The van der Waals surface area contributed by atoms with Gasteiger partial charge in [0.15, 0.2) is 0 Å². The molecular formula is C41H78ClNaO21. The van der Waals surface area contributed by atoms with Gasteiger partial charge < -0.3 is 102 Å². The van der Waals surface area contributed by atoms with Gasteiger partial charge in [0.1, 0.15) is 24.4 Å². The maximum absolute atomic E-state index is 8.79. The molecule has 4 N–H and O–H groups in total. The molecule has 0 aromatic rings. The van der Waals surface area contributed by atoms with Gasteiger partial charge in [-0.3, -0.25) is 0 Å². The number of ether oxygens (including phenoxy) is 17. The minimum absolute atomic E-state index is 0. The molecule has 0 bridgehead atoms. The third-order valence-corrected chi connectivity index (χ3v) is 9.44. The maximum Gasteiger partial charge on any atom is 1.00 e. The summed E-state index contributed by atoms with van der Waals surface area (Å²) in [4.78, 5) is 0. The summed E-state index contributed by atoms with van der Waals surface area (Å²) in [6, 6.07) is 0. The van der Waals surface area contributed by atoms with E-state index in [0.717, 1.165) is 33.0 Å². The van der Waals surface area contributed by atoms with Gasteiger partial charge in [-0.15, -0.1) is 11.6 Å². The molecule has 0 amide bonds. The number of hydrogen-bond acceptors (Lipinski definition) is 21. The van der Waals surface area contributed by atoms with Crippen molar-refractivity contribution in [2.45, 2.75) is 30.5 Å². The SMILES string of the molecule is C(COCC(COCCOCC1CO1)(COCCOCC1CO1)COCCOCC1CO1)OCC1CO1.ClCC1CO1.OCCOCC(COCCO)(COCCO)COCCO.[H-].[Na+]. The van der Waals surface area contributed by atoms with Gasteiger partial charge in [0.2, 0.25) is 0 Å². The van der Waals surface area contributed by atoms with Crippen LogP contribution in [0.2, 0.25) is 0 Å². The Morgan fingerprint density at radius 2 is 0.531 bits per heavy atom. The summed E-state index contributed by atoms with van der Waals surface area (Å²) in [5.41, 5.74) is -1.13. The van der Waals surface area contributed by atoms with E-state index < -0.39 is 10.8 Å². The van der Waals surface area contributed by atoms with Crippen molar-refractivity contribution < 1.29 is 132 Å². The fraction of sp³-hybridized carbons (Fsp3) is 1.00. The van der Waals surface area contributed by atoms with Crippen LogP contribution >= 0.6 is 11.6 Å². The molecule has 21 nitrogen and oxygen atoms in total. The van der Waals surface area contributed by atoms with Crippen LogP contribution in [0.3, 0.4) is 0 Å².